The number of carbonyl (C=O) groups is 4. The van der Waals surface area contributed by atoms with Crippen molar-refractivity contribution in [2.24, 2.45) is 0 Å². The molecule has 0 amide bonds. The molecule has 17 heteroatoms. The number of unbranched alkanes of at least 4 members (excludes halogenated alkanes) is 1. The Morgan fingerprint density at radius 2 is 0.688 bits per heavy atom. The standard InChI is InChI=1S/C25H22N.C24H20N.C20H18N.C19H13N2.4C5H8O2.4Ir/c1-2-3-10-22-18-21-13-7-8-16-24(21)26-25(22)23-15-9-14-20(17-23)19-11-5-4-6-12-19;1-16-8-6-9-17(2)23(16)20-11-7-12-21(15-20)24-18(3)14-19-10-4-5-13-22(19)25-24;1-14-7-4-8-15(2)19(14)17-10-5-11-18(13-17)20-16(3)9-6-12-21-20;1-14-10-15(12-20)13-21-19(14)18-9-5-8-17(11-18)16-6-3-2-4-7-16;4*1-4(6)3-5(2)7;;;;/h4-9,11-14,16-18H,2-3,10H2,1H3;4-11,13-15H,1-3H3;4-10,12-13H,1-3H3;2-8,10-11,13H,1H3;4*3,6H,1-2H3;;;;/q4*-1;;;;;;;;. The predicted molar refractivity (Wildman–Crippen MR) is 496 cm³/mol. The minimum atomic E-state index is -0.125. The second-order valence-corrected chi connectivity index (χ2v) is 29.1. The second-order valence-electron chi connectivity index (χ2n) is 29.1. The Hall–Kier alpha value is -11.8. The van der Waals surface area contributed by atoms with Crippen molar-refractivity contribution in [2.75, 3.05) is 0 Å². The first-order valence-corrected chi connectivity index (χ1v) is 39.8. The fourth-order valence-corrected chi connectivity index (χ4v) is 13.2. The van der Waals surface area contributed by atoms with Crippen LogP contribution in [0.4, 0.5) is 0 Å². The third-order valence-corrected chi connectivity index (χ3v) is 18.4. The molecule has 4 radical (unpaired) electrons. The Morgan fingerprint density at radius 1 is 0.352 bits per heavy atom. The van der Waals surface area contributed by atoms with Gasteiger partial charge in [0.1, 0.15) is 6.07 Å². The summed E-state index contributed by atoms with van der Waals surface area (Å²) < 4.78 is 0. The Labute approximate surface area is 791 Å². The van der Waals surface area contributed by atoms with Crippen molar-refractivity contribution < 1.29 is 120 Å². The van der Waals surface area contributed by atoms with E-state index in [4.69, 9.17) is 35.7 Å². The molecule has 0 spiro atoms. The van der Waals surface area contributed by atoms with Gasteiger partial charge < -0.3 is 30.4 Å². The summed E-state index contributed by atoms with van der Waals surface area (Å²) in [6.07, 6.45) is 11.5. The molecule has 10 aromatic carbocycles. The number of nitrogens with zero attached hydrogens (tertiary/aromatic N) is 5. The largest absolute Gasteiger partial charge is 0.512 e. The average molecular weight is 2370 g/mol. The number of rotatable bonds is 15. The maximum absolute atomic E-state index is 10.0. The Bertz CT molecular complexity index is 5910. The average Bonchev–Trinajstić information content (AvgIpc) is 0.996. The van der Waals surface area contributed by atoms with Gasteiger partial charge in [0.15, 0.2) is 23.1 Å². The van der Waals surface area contributed by atoms with E-state index < -0.39 is 0 Å². The van der Waals surface area contributed by atoms with Gasteiger partial charge in [-0.05, 0) is 213 Å². The molecule has 0 bridgehead atoms. The maximum atomic E-state index is 10.0. The monoisotopic (exact) mass is 2370 g/mol. The minimum Gasteiger partial charge on any atom is -0.512 e. The number of aliphatic hydroxyl groups is 4. The molecule has 14 aromatic rings. The molecule has 0 aliphatic carbocycles. The van der Waals surface area contributed by atoms with Crippen molar-refractivity contribution in [3.63, 3.8) is 0 Å². The van der Waals surface area contributed by atoms with Gasteiger partial charge in [-0.3, -0.25) is 29.1 Å². The molecule has 13 nitrogen and oxygen atoms in total. The van der Waals surface area contributed by atoms with Crippen molar-refractivity contribution in [2.45, 2.75) is 130 Å². The third kappa shape index (κ3) is 35.4. The number of allylic oxidation sites excluding steroid dienone is 8. The van der Waals surface area contributed by atoms with E-state index in [0.717, 1.165) is 73.6 Å². The van der Waals surface area contributed by atoms with Crippen LogP contribution in [0.5, 0.6) is 0 Å². The van der Waals surface area contributed by atoms with E-state index in [2.05, 4.69) is 265 Å². The predicted octanol–water partition coefficient (Wildman–Crippen LogP) is 26.7. The molecule has 0 aliphatic heterocycles. The molecule has 0 aliphatic rings. The SMILES string of the molecule is CC(=O)C=C(C)O.CC(=O)C=C(C)O.CC(=O)C=C(C)O.CC(=O)C=C(C)O.CCCCc1cc2ccccc2nc1-c1[c-]ccc(-c2ccccc2)c1.Cc1cc(C#N)cnc1-c1[c-]ccc(-c2ccccc2)c1.Cc1cc2ccccc2nc1-c1[c-]ccc(-c2c(C)cccc2C)c1.Cc1cccnc1-c1[c-]ccc(-c2c(C)cccc2C)c1.[Ir].[Ir].[Ir].[Ir]. The van der Waals surface area contributed by atoms with Gasteiger partial charge in [0.25, 0.3) is 0 Å². The number of aryl methyl sites for hydroxylation is 8. The van der Waals surface area contributed by atoms with E-state index in [1.165, 1.54) is 181 Å². The number of aromatic nitrogens is 4. The van der Waals surface area contributed by atoms with Crippen LogP contribution in [-0.2, 0) is 106 Å². The summed E-state index contributed by atoms with van der Waals surface area (Å²) >= 11 is 0. The quantitative estimate of drug-likeness (QED) is 0.0426. The molecular weight excluding hydrogens is 2260 g/mol. The summed E-state index contributed by atoms with van der Waals surface area (Å²) in [4.78, 5) is 58.9. The molecule has 4 N–H and O–H groups in total. The van der Waals surface area contributed by atoms with Gasteiger partial charge in [-0.25, -0.2) is 0 Å². The second kappa shape index (κ2) is 55.5. The van der Waals surface area contributed by atoms with Gasteiger partial charge in [0.05, 0.1) is 39.6 Å². The summed E-state index contributed by atoms with van der Waals surface area (Å²) in [5.74, 6) is -0.250. The molecule has 650 valence electrons. The molecule has 0 saturated carbocycles. The minimum absolute atomic E-state index is 0. The van der Waals surface area contributed by atoms with Gasteiger partial charge in [0, 0.05) is 117 Å². The van der Waals surface area contributed by atoms with Crippen molar-refractivity contribution in [1.29, 1.82) is 5.26 Å². The van der Waals surface area contributed by atoms with Gasteiger partial charge in [-0.15, -0.1) is 142 Å². The van der Waals surface area contributed by atoms with Crippen LogP contribution in [0.1, 0.15) is 125 Å². The normalized spacial score (nSPS) is 10.5. The number of fused-ring (bicyclic) bond motifs is 2. The van der Waals surface area contributed by atoms with E-state index in [9.17, 15) is 19.2 Å². The molecule has 14 rings (SSSR count). The summed E-state index contributed by atoms with van der Waals surface area (Å²) in [6, 6.07) is 101. The van der Waals surface area contributed by atoms with Crippen LogP contribution in [-0.4, -0.2) is 63.5 Å². The number of hydrogen-bond acceptors (Lipinski definition) is 13. The Morgan fingerprint density at radius 3 is 1.06 bits per heavy atom. The number of para-hydroxylation sites is 2. The Balaban J connectivity index is 0.000000387. The third-order valence-electron chi connectivity index (χ3n) is 18.4. The van der Waals surface area contributed by atoms with Crippen molar-refractivity contribution >= 4 is 44.9 Å². The first kappa shape index (κ1) is 107. The number of pyridine rings is 4. The number of hydrogen-bond donors (Lipinski definition) is 4. The van der Waals surface area contributed by atoms with Crippen LogP contribution >= 0.6 is 0 Å². The van der Waals surface area contributed by atoms with Crippen LogP contribution in [0.3, 0.4) is 0 Å². The number of aliphatic hydroxyl groups excluding tert-OH is 4. The van der Waals surface area contributed by atoms with E-state index >= 15 is 0 Å². The number of benzene rings is 10. The van der Waals surface area contributed by atoms with Crippen molar-refractivity contribution in [3.8, 4) is 95.6 Å². The molecule has 125 heavy (non-hydrogen) atoms. The number of nitriles is 1. The molecule has 0 fully saturated rings. The summed E-state index contributed by atoms with van der Waals surface area (Å²) in [5, 5.41) is 44.8. The smallest absolute Gasteiger partial charge is 0.155 e. The Kier molecular flexibility index (Phi) is 47.7. The first-order chi connectivity index (χ1) is 57.9. The zero-order valence-electron chi connectivity index (χ0n) is 73.2. The van der Waals surface area contributed by atoms with Gasteiger partial charge >= 0.3 is 0 Å². The van der Waals surface area contributed by atoms with Crippen LogP contribution in [0.15, 0.2) is 308 Å². The molecule has 0 unspecified atom stereocenters. The van der Waals surface area contributed by atoms with E-state index in [-0.39, 0.29) is 127 Å². The van der Waals surface area contributed by atoms with Crippen LogP contribution in [0, 0.1) is 84.1 Å². The first-order valence-electron chi connectivity index (χ1n) is 39.8. The van der Waals surface area contributed by atoms with Crippen LogP contribution in [0.2, 0.25) is 0 Å². The van der Waals surface area contributed by atoms with Crippen molar-refractivity contribution in [1.82, 2.24) is 19.9 Å². The summed E-state index contributed by atoms with van der Waals surface area (Å²) in [6.45, 7) is 28.4. The fraction of sp³-hybridized carbons (Fsp3) is 0.176. The van der Waals surface area contributed by atoms with Gasteiger partial charge in [-0.2, -0.15) is 5.26 Å². The molecule has 0 saturated heterocycles. The number of carbonyl (C=O) groups excluding carboxylic acids is 4. The summed E-state index contributed by atoms with van der Waals surface area (Å²) in [7, 11) is 0. The zero-order valence-corrected chi connectivity index (χ0v) is 82.8. The zero-order chi connectivity index (χ0) is 88.1. The van der Waals surface area contributed by atoms with Crippen LogP contribution in [0.25, 0.3) is 111 Å². The van der Waals surface area contributed by atoms with Gasteiger partial charge in [-0.1, -0.05) is 194 Å². The van der Waals surface area contributed by atoms with Crippen molar-refractivity contribution in [3.05, 3.63) is 383 Å². The summed E-state index contributed by atoms with van der Waals surface area (Å²) in [5.41, 5.74) is 30.3. The molecule has 4 aromatic heterocycles. The molecular formula is C108H105Ir4N5O8-4. The number of ketones is 4. The maximum Gasteiger partial charge on any atom is 0.155 e. The van der Waals surface area contributed by atoms with Crippen LogP contribution < -0.4 is 0 Å². The fourth-order valence-electron chi connectivity index (χ4n) is 13.2. The molecule has 0 atom stereocenters. The van der Waals surface area contributed by atoms with E-state index in [0.29, 0.717) is 5.56 Å². The molecule has 4 heterocycles. The van der Waals surface area contributed by atoms with E-state index in [1.54, 1.807) is 6.20 Å². The van der Waals surface area contributed by atoms with E-state index in [1.807, 2.05) is 85.9 Å². The van der Waals surface area contributed by atoms with Gasteiger partial charge in [0.2, 0.25) is 0 Å². The topological polar surface area (TPSA) is 225 Å².